The van der Waals surface area contributed by atoms with Crippen LogP contribution in [0.4, 0.5) is 0 Å². The smallest absolute Gasteiger partial charge is 0.235 e. The molecule has 0 saturated carbocycles. The largest absolute Gasteiger partial charge is 0.495 e. The lowest BCUT2D eigenvalue weighted by Gasteiger charge is -2.00. The number of methoxy groups -OCH3 is 1. The Morgan fingerprint density at radius 2 is 2.31 bits per heavy atom. The Kier molecular flexibility index (Phi) is 2.59. The van der Waals surface area contributed by atoms with Gasteiger partial charge in [-0.2, -0.15) is 0 Å². The van der Waals surface area contributed by atoms with E-state index in [2.05, 4.69) is 4.98 Å². The van der Waals surface area contributed by atoms with Crippen LogP contribution < -0.4 is 4.74 Å². The van der Waals surface area contributed by atoms with Crippen molar-refractivity contribution in [2.75, 3.05) is 7.11 Å². The van der Waals surface area contributed by atoms with E-state index in [1.54, 1.807) is 13.3 Å². The number of ether oxygens (including phenoxy) is 1. The van der Waals surface area contributed by atoms with Crippen LogP contribution in [0.15, 0.2) is 30.6 Å². The Labute approximate surface area is 91.5 Å². The lowest BCUT2D eigenvalue weighted by Crippen LogP contribution is -1.83. The summed E-state index contributed by atoms with van der Waals surface area (Å²) in [6, 6.07) is 5.56. The van der Waals surface area contributed by atoms with Crippen molar-refractivity contribution in [2.24, 2.45) is 0 Å². The molecule has 0 fully saturated rings. The Hall–Kier alpha value is -2.30. The molecule has 0 amide bonds. The van der Waals surface area contributed by atoms with Gasteiger partial charge in [0.2, 0.25) is 6.20 Å². The van der Waals surface area contributed by atoms with Crippen molar-refractivity contribution in [3.63, 3.8) is 0 Å². The van der Waals surface area contributed by atoms with Crippen molar-refractivity contribution in [3.8, 4) is 5.75 Å². The van der Waals surface area contributed by atoms with Crippen LogP contribution in [0, 0.1) is 10.1 Å². The Balaban J connectivity index is 2.53. The Morgan fingerprint density at radius 3 is 3.00 bits per heavy atom. The third-order valence-electron chi connectivity index (χ3n) is 2.30. The number of hydrogen-bond acceptors (Lipinski definition) is 3. The van der Waals surface area contributed by atoms with E-state index in [1.165, 1.54) is 6.08 Å². The van der Waals surface area contributed by atoms with E-state index in [1.807, 2.05) is 18.2 Å². The summed E-state index contributed by atoms with van der Waals surface area (Å²) in [5.41, 5.74) is 1.61. The number of nitrogens with zero attached hydrogens (tertiary/aromatic N) is 1. The molecule has 1 N–H and O–H groups in total. The second kappa shape index (κ2) is 4.06. The second-order valence-corrected chi connectivity index (χ2v) is 3.23. The minimum atomic E-state index is -0.487. The minimum absolute atomic E-state index is 0.487. The number of para-hydroxylation sites is 1. The second-order valence-electron chi connectivity index (χ2n) is 3.23. The number of rotatable bonds is 3. The van der Waals surface area contributed by atoms with E-state index < -0.39 is 4.92 Å². The van der Waals surface area contributed by atoms with Gasteiger partial charge in [0.1, 0.15) is 5.75 Å². The molecule has 0 bridgehead atoms. The van der Waals surface area contributed by atoms with Crippen molar-refractivity contribution in [1.29, 1.82) is 0 Å². The third kappa shape index (κ3) is 1.75. The van der Waals surface area contributed by atoms with Crippen LogP contribution >= 0.6 is 0 Å². The fourth-order valence-electron chi connectivity index (χ4n) is 1.60. The Bertz CT molecular complexity index is 557. The average molecular weight is 218 g/mol. The average Bonchev–Trinajstić information content (AvgIpc) is 2.69. The number of fused-ring (bicyclic) bond motifs is 1. The highest BCUT2D eigenvalue weighted by Crippen LogP contribution is 2.27. The van der Waals surface area contributed by atoms with Crippen LogP contribution in [0.3, 0.4) is 0 Å². The van der Waals surface area contributed by atoms with Crippen LogP contribution in [0.25, 0.3) is 17.0 Å². The molecule has 0 aliphatic carbocycles. The topological polar surface area (TPSA) is 68.2 Å². The van der Waals surface area contributed by atoms with Gasteiger partial charge in [0.25, 0.3) is 0 Å². The molecule has 1 heterocycles. The highest BCUT2D eigenvalue weighted by molar-refractivity contribution is 5.92. The molecule has 2 rings (SSSR count). The van der Waals surface area contributed by atoms with E-state index in [0.717, 1.165) is 28.4 Å². The predicted molar refractivity (Wildman–Crippen MR) is 60.9 cm³/mol. The number of nitro groups is 1. The molecule has 0 aliphatic heterocycles. The van der Waals surface area contributed by atoms with Crippen molar-refractivity contribution >= 4 is 17.0 Å². The summed E-state index contributed by atoms with van der Waals surface area (Å²) in [6.45, 7) is 0. The SMILES string of the molecule is COc1cccc2c(/C=C/[N+](=O)[O-])c[nH]c12. The number of benzene rings is 1. The molecule has 1 aromatic heterocycles. The summed E-state index contributed by atoms with van der Waals surface area (Å²) in [5, 5.41) is 11.1. The maximum atomic E-state index is 10.2. The van der Waals surface area contributed by atoms with Crippen molar-refractivity contribution in [3.05, 3.63) is 46.3 Å². The standard InChI is InChI=1S/C11H10N2O3/c1-16-10-4-2-3-9-8(5-6-13(14)15)7-12-11(9)10/h2-7,12H,1H3/b6-5+. The van der Waals surface area contributed by atoms with E-state index >= 15 is 0 Å². The molecule has 82 valence electrons. The van der Waals surface area contributed by atoms with E-state index in [4.69, 9.17) is 4.74 Å². The summed E-state index contributed by atoms with van der Waals surface area (Å²) in [7, 11) is 1.59. The number of nitrogens with one attached hydrogen (secondary N) is 1. The normalized spacial score (nSPS) is 11.1. The summed E-state index contributed by atoms with van der Waals surface area (Å²) in [6.07, 6.45) is 4.09. The maximum Gasteiger partial charge on any atom is 0.235 e. The van der Waals surface area contributed by atoms with Gasteiger partial charge < -0.3 is 9.72 Å². The van der Waals surface area contributed by atoms with Gasteiger partial charge in [0.05, 0.1) is 17.5 Å². The first kappa shape index (κ1) is 10.2. The maximum absolute atomic E-state index is 10.2. The molecule has 0 unspecified atom stereocenters. The van der Waals surface area contributed by atoms with Crippen LogP contribution in [0.2, 0.25) is 0 Å². The van der Waals surface area contributed by atoms with Gasteiger partial charge in [-0.1, -0.05) is 12.1 Å². The third-order valence-corrected chi connectivity index (χ3v) is 2.30. The van der Waals surface area contributed by atoms with Crippen molar-refractivity contribution in [2.45, 2.75) is 0 Å². The molecule has 5 nitrogen and oxygen atoms in total. The van der Waals surface area contributed by atoms with Gasteiger partial charge in [-0.25, -0.2) is 0 Å². The summed E-state index contributed by atoms with van der Waals surface area (Å²) in [4.78, 5) is 12.8. The van der Waals surface area contributed by atoms with Gasteiger partial charge >= 0.3 is 0 Å². The van der Waals surface area contributed by atoms with E-state index in [9.17, 15) is 10.1 Å². The lowest BCUT2D eigenvalue weighted by atomic mass is 10.1. The summed E-state index contributed by atoms with van der Waals surface area (Å²) in [5.74, 6) is 0.721. The first-order valence-electron chi connectivity index (χ1n) is 4.68. The molecule has 0 spiro atoms. The molecule has 16 heavy (non-hydrogen) atoms. The monoisotopic (exact) mass is 218 g/mol. The number of aromatic amines is 1. The number of H-pyrrole nitrogens is 1. The highest BCUT2D eigenvalue weighted by atomic mass is 16.6. The number of hydrogen-bond donors (Lipinski definition) is 1. The van der Waals surface area contributed by atoms with Gasteiger partial charge in [0.15, 0.2) is 0 Å². The van der Waals surface area contributed by atoms with Crippen molar-refractivity contribution < 1.29 is 9.66 Å². The van der Waals surface area contributed by atoms with Crippen LogP contribution in [-0.2, 0) is 0 Å². The fourth-order valence-corrected chi connectivity index (χ4v) is 1.60. The molecule has 5 heteroatoms. The van der Waals surface area contributed by atoms with Gasteiger partial charge in [-0.15, -0.1) is 0 Å². The quantitative estimate of drug-likeness (QED) is 0.635. The summed E-state index contributed by atoms with van der Waals surface area (Å²) >= 11 is 0. The minimum Gasteiger partial charge on any atom is -0.495 e. The lowest BCUT2D eigenvalue weighted by molar-refractivity contribution is -0.400. The molecule has 1 aromatic carbocycles. The van der Waals surface area contributed by atoms with Crippen molar-refractivity contribution in [1.82, 2.24) is 4.98 Å². The molecule has 2 aromatic rings. The first-order chi connectivity index (χ1) is 7.72. The van der Waals surface area contributed by atoms with Gasteiger partial charge in [-0.05, 0) is 6.07 Å². The highest BCUT2D eigenvalue weighted by Gasteiger charge is 2.05. The van der Waals surface area contributed by atoms with Gasteiger partial charge in [-0.3, -0.25) is 10.1 Å². The zero-order valence-electron chi connectivity index (χ0n) is 8.64. The zero-order chi connectivity index (χ0) is 11.5. The summed E-state index contributed by atoms with van der Waals surface area (Å²) < 4.78 is 5.18. The fraction of sp³-hybridized carbons (Fsp3) is 0.0909. The zero-order valence-corrected chi connectivity index (χ0v) is 8.64. The predicted octanol–water partition coefficient (Wildman–Crippen LogP) is 2.42. The van der Waals surface area contributed by atoms with E-state index in [0.29, 0.717) is 0 Å². The Morgan fingerprint density at radius 1 is 1.50 bits per heavy atom. The molecular weight excluding hydrogens is 208 g/mol. The number of aromatic nitrogens is 1. The molecule has 0 saturated heterocycles. The van der Waals surface area contributed by atoms with Crippen LogP contribution in [-0.4, -0.2) is 17.0 Å². The van der Waals surface area contributed by atoms with Crippen LogP contribution in [0.1, 0.15) is 5.56 Å². The molecular formula is C11H10N2O3. The molecule has 0 radical (unpaired) electrons. The molecule has 0 aliphatic rings. The van der Waals surface area contributed by atoms with Gasteiger partial charge in [0, 0.05) is 23.2 Å². The van der Waals surface area contributed by atoms with Crippen LogP contribution in [0.5, 0.6) is 5.75 Å². The first-order valence-corrected chi connectivity index (χ1v) is 4.68. The molecule has 0 atom stereocenters. The van der Waals surface area contributed by atoms with E-state index in [-0.39, 0.29) is 0 Å².